The number of rotatable bonds is 5. The van der Waals surface area contributed by atoms with Gasteiger partial charge in [0.2, 0.25) is 5.91 Å². The third-order valence-corrected chi connectivity index (χ3v) is 2.51. The molecular formula is C13H22N4O3. The minimum atomic E-state index is -0.532. The number of carbonyl (C=O) groups is 2. The molecule has 0 saturated carbocycles. The fourth-order valence-electron chi connectivity index (χ4n) is 1.79. The maximum atomic E-state index is 11.9. The highest BCUT2D eigenvalue weighted by atomic mass is 16.5. The molecule has 0 spiro atoms. The summed E-state index contributed by atoms with van der Waals surface area (Å²) in [5.74, 6) is -0.702. The Morgan fingerprint density at radius 2 is 2.00 bits per heavy atom. The number of ether oxygens (including phenoxy) is 1. The highest BCUT2D eigenvalue weighted by molar-refractivity contribution is 5.88. The molecule has 1 amide bonds. The number of hydrogen-bond donors (Lipinski definition) is 1. The first kappa shape index (κ1) is 16.1. The van der Waals surface area contributed by atoms with E-state index in [0.29, 0.717) is 12.1 Å². The number of amides is 1. The molecule has 0 bridgehead atoms. The van der Waals surface area contributed by atoms with E-state index in [2.05, 4.69) is 20.4 Å². The monoisotopic (exact) mass is 282 g/mol. The van der Waals surface area contributed by atoms with E-state index in [0.717, 1.165) is 6.42 Å². The molecule has 1 rings (SSSR count). The Morgan fingerprint density at radius 1 is 1.35 bits per heavy atom. The van der Waals surface area contributed by atoms with Gasteiger partial charge < -0.3 is 10.1 Å². The summed E-state index contributed by atoms with van der Waals surface area (Å²) in [5, 5.41) is 10.5. The molecule has 0 unspecified atom stereocenters. The van der Waals surface area contributed by atoms with Crippen molar-refractivity contribution < 1.29 is 14.3 Å². The van der Waals surface area contributed by atoms with Crippen LogP contribution in [0.1, 0.15) is 50.3 Å². The van der Waals surface area contributed by atoms with Crippen molar-refractivity contribution in [3.63, 3.8) is 0 Å². The molecule has 20 heavy (non-hydrogen) atoms. The minimum Gasteiger partial charge on any atom is -0.464 e. The quantitative estimate of drug-likeness (QED) is 0.812. The molecule has 0 aliphatic rings. The Kier molecular flexibility index (Phi) is 5.24. The van der Waals surface area contributed by atoms with Gasteiger partial charge in [0, 0.05) is 5.54 Å². The zero-order chi connectivity index (χ0) is 15.3. The molecule has 0 radical (unpaired) electrons. The first-order chi connectivity index (χ1) is 9.28. The summed E-state index contributed by atoms with van der Waals surface area (Å²) in [6.45, 7) is 7.72. The van der Waals surface area contributed by atoms with Crippen molar-refractivity contribution in [3.8, 4) is 0 Å². The summed E-state index contributed by atoms with van der Waals surface area (Å²) < 4.78 is 6.12. The van der Waals surface area contributed by atoms with Gasteiger partial charge >= 0.3 is 5.97 Å². The lowest BCUT2D eigenvalue weighted by molar-refractivity contribution is -0.123. The van der Waals surface area contributed by atoms with Gasteiger partial charge in [-0.15, -0.1) is 5.10 Å². The van der Waals surface area contributed by atoms with Gasteiger partial charge in [0.05, 0.1) is 12.8 Å². The highest BCUT2D eigenvalue weighted by Gasteiger charge is 2.22. The average Bonchev–Trinajstić information content (AvgIpc) is 2.69. The number of carbonyl (C=O) groups excluding carboxylic acids is 2. The van der Waals surface area contributed by atoms with Crippen molar-refractivity contribution in [2.45, 2.75) is 52.6 Å². The fraction of sp³-hybridized carbons (Fsp3) is 0.692. The third kappa shape index (κ3) is 4.32. The second-order valence-corrected chi connectivity index (χ2v) is 5.58. The van der Waals surface area contributed by atoms with Crippen molar-refractivity contribution in [1.29, 1.82) is 0 Å². The summed E-state index contributed by atoms with van der Waals surface area (Å²) in [6.07, 6.45) is 1.43. The van der Waals surface area contributed by atoms with E-state index in [-0.39, 0.29) is 23.7 Å². The van der Waals surface area contributed by atoms with Gasteiger partial charge in [-0.1, -0.05) is 18.6 Å². The van der Waals surface area contributed by atoms with E-state index in [1.165, 1.54) is 11.8 Å². The zero-order valence-corrected chi connectivity index (χ0v) is 12.7. The predicted molar refractivity (Wildman–Crippen MR) is 73.3 cm³/mol. The number of esters is 1. The van der Waals surface area contributed by atoms with Gasteiger partial charge in [0.15, 0.2) is 5.69 Å². The summed E-state index contributed by atoms with van der Waals surface area (Å²) in [4.78, 5) is 23.5. The van der Waals surface area contributed by atoms with Gasteiger partial charge in [-0.25, -0.2) is 9.48 Å². The molecule has 7 heteroatoms. The normalized spacial score (nSPS) is 11.2. The number of methoxy groups -OCH3 is 1. The summed E-state index contributed by atoms with van der Waals surface area (Å²) >= 11 is 0. The van der Waals surface area contributed by atoms with Gasteiger partial charge in [-0.05, 0) is 27.2 Å². The van der Waals surface area contributed by atoms with Crippen LogP contribution in [0.5, 0.6) is 0 Å². The molecule has 7 nitrogen and oxygen atoms in total. The Labute approximate surface area is 118 Å². The molecular weight excluding hydrogens is 260 g/mol. The van der Waals surface area contributed by atoms with Crippen molar-refractivity contribution in [2.24, 2.45) is 0 Å². The molecule has 0 saturated heterocycles. The Hall–Kier alpha value is -1.92. The molecule has 1 aromatic heterocycles. The molecule has 0 aromatic carbocycles. The number of aromatic nitrogens is 3. The van der Waals surface area contributed by atoms with Crippen molar-refractivity contribution in [2.75, 3.05) is 7.11 Å². The van der Waals surface area contributed by atoms with Crippen molar-refractivity contribution in [1.82, 2.24) is 20.3 Å². The van der Waals surface area contributed by atoms with Crippen LogP contribution in [0.2, 0.25) is 0 Å². The maximum absolute atomic E-state index is 11.9. The molecule has 1 aromatic rings. The first-order valence-electron chi connectivity index (χ1n) is 6.60. The van der Waals surface area contributed by atoms with E-state index in [1.54, 1.807) is 0 Å². The topological polar surface area (TPSA) is 86.1 Å². The second-order valence-electron chi connectivity index (χ2n) is 5.58. The number of hydrogen-bond acceptors (Lipinski definition) is 5. The van der Waals surface area contributed by atoms with Gasteiger partial charge in [-0.3, -0.25) is 4.79 Å². The van der Waals surface area contributed by atoms with Crippen LogP contribution in [-0.2, 0) is 22.5 Å². The Bertz CT molecular complexity index is 488. The van der Waals surface area contributed by atoms with E-state index >= 15 is 0 Å². The van der Waals surface area contributed by atoms with Crippen LogP contribution in [0.25, 0.3) is 0 Å². The summed E-state index contributed by atoms with van der Waals surface area (Å²) in [6, 6.07) is 0. The number of nitrogens with one attached hydrogen (secondary N) is 1. The van der Waals surface area contributed by atoms with Crippen LogP contribution in [0.3, 0.4) is 0 Å². The van der Waals surface area contributed by atoms with Crippen LogP contribution >= 0.6 is 0 Å². The molecule has 1 heterocycles. The molecule has 0 aliphatic heterocycles. The van der Waals surface area contributed by atoms with Crippen LogP contribution in [-0.4, -0.2) is 39.5 Å². The van der Waals surface area contributed by atoms with Crippen LogP contribution < -0.4 is 5.32 Å². The zero-order valence-electron chi connectivity index (χ0n) is 12.7. The molecule has 0 aliphatic carbocycles. The molecule has 0 atom stereocenters. The van der Waals surface area contributed by atoms with Crippen LogP contribution in [0.4, 0.5) is 0 Å². The van der Waals surface area contributed by atoms with Crippen LogP contribution in [0.15, 0.2) is 0 Å². The lowest BCUT2D eigenvalue weighted by atomic mass is 10.1. The SMILES string of the molecule is CCCc1c(C(=O)OC)nnn1CC(=O)NC(C)(C)C. The van der Waals surface area contributed by atoms with Gasteiger partial charge in [0.1, 0.15) is 6.54 Å². The highest BCUT2D eigenvalue weighted by Crippen LogP contribution is 2.10. The largest absolute Gasteiger partial charge is 0.464 e. The second kappa shape index (κ2) is 6.49. The predicted octanol–water partition coefficient (Wildman–Crippen LogP) is 0.932. The fourth-order valence-corrected chi connectivity index (χ4v) is 1.79. The minimum absolute atomic E-state index is 0.0383. The number of nitrogens with zero attached hydrogens (tertiary/aromatic N) is 3. The van der Waals surface area contributed by atoms with Gasteiger partial charge in [-0.2, -0.15) is 0 Å². The molecule has 112 valence electrons. The standard InChI is InChI=1S/C13H22N4O3/c1-6-7-9-11(12(19)20-5)15-16-17(9)8-10(18)14-13(2,3)4/h6-8H2,1-5H3,(H,14,18). The molecule has 0 fully saturated rings. The summed E-state index contributed by atoms with van der Waals surface area (Å²) in [5.41, 5.74) is 0.495. The summed E-state index contributed by atoms with van der Waals surface area (Å²) in [7, 11) is 1.30. The lowest BCUT2D eigenvalue weighted by Crippen LogP contribution is -2.42. The van der Waals surface area contributed by atoms with E-state index in [9.17, 15) is 9.59 Å². The van der Waals surface area contributed by atoms with E-state index in [4.69, 9.17) is 0 Å². The first-order valence-corrected chi connectivity index (χ1v) is 6.60. The van der Waals surface area contributed by atoms with Crippen LogP contribution in [0, 0.1) is 0 Å². The van der Waals surface area contributed by atoms with E-state index < -0.39 is 5.97 Å². The Morgan fingerprint density at radius 3 is 2.50 bits per heavy atom. The molecule has 1 N–H and O–H groups in total. The maximum Gasteiger partial charge on any atom is 0.360 e. The Balaban J connectivity index is 2.92. The average molecular weight is 282 g/mol. The lowest BCUT2D eigenvalue weighted by Gasteiger charge is -2.20. The third-order valence-electron chi connectivity index (χ3n) is 2.51. The van der Waals surface area contributed by atoms with Crippen molar-refractivity contribution >= 4 is 11.9 Å². The van der Waals surface area contributed by atoms with E-state index in [1.807, 2.05) is 27.7 Å². The van der Waals surface area contributed by atoms with Gasteiger partial charge in [0.25, 0.3) is 0 Å². The van der Waals surface area contributed by atoms with Crippen molar-refractivity contribution in [3.05, 3.63) is 11.4 Å². The smallest absolute Gasteiger partial charge is 0.360 e.